The molecule has 1 aromatic carbocycles. The molecule has 3 rings (SSSR count). The second-order valence-corrected chi connectivity index (χ2v) is 5.47. The summed E-state index contributed by atoms with van der Waals surface area (Å²) in [5.74, 6) is 0.780. The fourth-order valence-electron chi connectivity index (χ4n) is 2.89. The Morgan fingerprint density at radius 2 is 2.00 bits per heavy atom. The first-order valence-corrected chi connectivity index (χ1v) is 6.29. The van der Waals surface area contributed by atoms with Crippen molar-refractivity contribution < 1.29 is 0 Å². The average Bonchev–Trinajstić information content (AvgIpc) is 2.79. The van der Waals surface area contributed by atoms with E-state index in [0.717, 1.165) is 25.4 Å². The summed E-state index contributed by atoms with van der Waals surface area (Å²) in [6.07, 6.45) is 2.37. The van der Waals surface area contributed by atoms with Gasteiger partial charge in [0, 0.05) is 25.2 Å². The number of rotatable bonds is 3. The fourth-order valence-corrected chi connectivity index (χ4v) is 2.89. The van der Waals surface area contributed by atoms with Crippen LogP contribution < -0.4 is 5.73 Å². The van der Waals surface area contributed by atoms with Crippen molar-refractivity contribution in [1.29, 1.82) is 0 Å². The zero-order valence-corrected chi connectivity index (χ0v) is 9.95. The van der Waals surface area contributed by atoms with Crippen LogP contribution in [0.25, 0.3) is 0 Å². The lowest BCUT2D eigenvalue weighted by molar-refractivity contribution is 0.290. The minimum atomic E-state index is 0.184. The van der Waals surface area contributed by atoms with Gasteiger partial charge in [-0.2, -0.15) is 0 Å². The lowest BCUT2D eigenvalue weighted by Crippen LogP contribution is -2.32. The number of fused-ring (bicyclic) bond motifs is 1. The van der Waals surface area contributed by atoms with E-state index in [-0.39, 0.29) is 5.54 Å². The molecular formula is C14H20N2. The topological polar surface area (TPSA) is 29.3 Å². The summed E-state index contributed by atoms with van der Waals surface area (Å²) < 4.78 is 0. The molecule has 1 saturated carbocycles. The van der Waals surface area contributed by atoms with Crippen LogP contribution in [0.3, 0.4) is 0 Å². The molecule has 2 aliphatic rings. The molecule has 1 heterocycles. The fraction of sp³-hybridized carbons (Fsp3) is 0.571. The molecule has 1 aromatic rings. The van der Waals surface area contributed by atoms with Gasteiger partial charge in [-0.05, 0) is 29.9 Å². The van der Waals surface area contributed by atoms with Gasteiger partial charge in [-0.3, -0.25) is 4.90 Å². The molecule has 86 valence electrons. The van der Waals surface area contributed by atoms with E-state index in [1.54, 1.807) is 0 Å². The lowest BCUT2D eigenvalue weighted by Gasteiger charge is -2.19. The Kier molecular flexibility index (Phi) is 2.30. The molecule has 0 spiro atoms. The number of nitrogens with two attached hydrogens (primary N) is 1. The Balaban J connectivity index is 1.62. The molecule has 16 heavy (non-hydrogen) atoms. The number of benzene rings is 1. The van der Waals surface area contributed by atoms with Crippen molar-refractivity contribution in [3.05, 3.63) is 35.4 Å². The van der Waals surface area contributed by atoms with Crippen molar-refractivity contribution >= 4 is 0 Å². The first kappa shape index (κ1) is 10.3. The molecule has 0 aromatic heterocycles. The molecule has 0 amide bonds. The predicted molar refractivity (Wildman–Crippen MR) is 66.1 cm³/mol. The van der Waals surface area contributed by atoms with Crippen molar-refractivity contribution in [2.75, 3.05) is 13.1 Å². The Bertz CT molecular complexity index is 384. The maximum atomic E-state index is 6.20. The molecule has 2 heteroatoms. The van der Waals surface area contributed by atoms with E-state index >= 15 is 0 Å². The molecule has 2 atom stereocenters. The monoisotopic (exact) mass is 216 g/mol. The third-order valence-corrected chi connectivity index (χ3v) is 4.11. The van der Waals surface area contributed by atoms with Gasteiger partial charge in [-0.1, -0.05) is 31.2 Å². The second kappa shape index (κ2) is 3.57. The van der Waals surface area contributed by atoms with Crippen molar-refractivity contribution in [2.24, 2.45) is 11.7 Å². The Labute approximate surface area is 97.4 Å². The zero-order chi connectivity index (χ0) is 11.2. The maximum Gasteiger partial charge on any atom is 0.0328 e. The van der Waals surface area contributed by atoms with Gasteiger partial charge < -0.3 is 5.73 Å². The second-order valence-electron chi connectivity index (χ2n) is 5.47. The van der Waals surface area contributed by atoms with E-state index in [2.05, 4.69) is 36.1 Å². The highest BCUT2D eigenvalue weighted by Gasteiger charge is 2.56. The van der Waals surface area contributed by atoms with Crippen LogP contribution in [-0.2, 0) is 13.0 Å². The third-order valence-electron chi connectivity index (χ3n) is 4.11. The molecular weight excluding hydrogens is 196 g/mol. The molecule has 1 saturated heterocycles. The summed E-state index contributed by atoms with van der Waals surface area (Å²) >= 11 is 0. The van der Waals surface area contributed by atoms with Crippen LogP contribution in [0.5, 0.6) is 0 Å². The van der Waals surface area contributed by atoms with Gasteiger partial charge in [-0.25, -0.2) is 0 Å². The highest BCUT2D eigenvalue weighted by atomic mass is 15.2. The molecule has 2 fully saturated rings. The SMILES string of the molecule is CCc1ccc(CN2C[C@@H]3C[C@@]3(N)C2)cc1. The number of piperidine rings is 1. The Morgan fingerprint density at radius 1 is 1.31 bits per heavy atom. The first-order chi connectivity index (χ1) is 7.69. The number of hydrogen-bond acceptors (Lipinski definition) is 2. The molecule has 0 bridgehead atoms. The summed E-state index contributed by atoms with van der Waals surface area (Å²) in [4.78, 5) is 2.50. The molecule has 2 nitrogen and oxygen atoms in total. The normalized spacial score (nSPS) is 32.8. The number of aryl methyl sites for hydroxylation is 1. The predicted octanol–water partition coefficient (Wildman–Crippen LogP) is 1.78. The van der Waals surface area contributed by atoms with Crippen LogP contribution in [0.15, 0.2) is 24.3 Å². The van der Waals surface area contributed by atoms with E-state index in [1.165, 1.54) is 24.1 Å². The zero-order valence-electron chi connectivity index (χ0n) is 9.95. The van der Waals surface area contributed by atoms with Gasteiger partial charge in [0.15, 0.2) is 0 Å². The highest BCUT2D eigenvalue weighted by molar-refractivity contribution is 5.23. The third kappa shape index (κ3) is 1.76. The van der Waals surface area contributed by atoms with E-state index in [4.69, 9.17) is 5.73 Å². The lowest BCUT2D eigenvalue weighted by atomic mass is 10.1. The van der Waals surface area contributed by atoms with Gasteiger partial charge in [0.2, 0.25) is 0 Å². The molecule has 0 unspecified atom stereocenters. The van der Waals surface area contributed by atoms with Crippen LogP contribution in [0.1, 0.15) is 24.5 Å². The smallest absolute Gasteiger partial charge is 0.0328 e. The van der Waals surface area contributed by atoms with E-state index < -0.39 is 0 Å². The summed E-state index contributed by atoms with van der Waals surface area (Å²) in [6, 6.07) is 8.99. The standard InChI is InChI=1S/C14H20N2/c1-2-11-3-5-12(6-4-11)8-16-9-13-7-14(13,15)10-16/h3-6,13H,2,7-10,15H2,1H3/t13-,14+/m0/s1. The number of nitrogens with zero attached hydrogens (tertiary/aromatic N) is 1. The van der Waals surface area contributed by atoms with Crippen molar-refractivity contribution in [1.82, 2.24) is 4.90 Å². The molecule has 2 N–H and O–H groups in total. The summed E-state index contributed by atoms with van der Waals surface area (Å²) in [5.41, 5.74) is 9.22. The van der Waals surface area contributed by atoms with Crippen molar-refractivity contribution in [3.63, 3.8) is 0 Å². The number of hydrogen-bond donors (Lipinski definition) is 1. The number of likely N-dealkylation sites (tertiary alicyclic amines) is 1. The van der Waals surface area contributed by atoms with E-state index in [0.29, 0.717) is 0 Å². The average molecular weight is 216 g/mol. The summed E-state index contributed by atoms with van der Waals surface area (Å²) in [6.45, 7) is 5.56. The van der Waals surface area contributed by atoms with Crippen molar-refractivity contribution in [2.45, 2.75) is 31.8 Å². The Hall–Kier alpha value is -0.860. The van der Waals surface area contributed by atoms with Crippen LogP contribution >= 0.6 is 0 Å². The quantitative estimate of drug-likeness (QED) is 0.834. The van der Waals surface area contributed by atoms with Crippen LogP contribution in [0.2, 0.25) is 0 Å². The van der Waals surface area contributed by atoms with Gasteiger partial charge in [-0.15, -0.1) is 0 Å². The van der Waals surface area contributed by atoms with Gasteiger partial charge in [0.25, 0.3) is 0 Å². The maximum absolute atomic E-state index is 6.20. The molecule has 1 aliphatic heterocycles. The summed E-state index contributed by atoms with van der Waals surface area (Å²) in [5, 5.41) is 0. The minimum absolute atomic E-state index is 0.184. The van der Waals surface area contributed by atoms with E-state index in [9.17, 15) is 0 Å². The summed E-state index contributed by atoms with van der Waals surface area (Å²) in [7, 11) is 0. The van der Waals surface area contributed by atoms with E-state index in [1.807, 2.05) is 0 Å². The molecule has 1 aliphatic carbocycles. The van der Waals surface area contributed by atoms with Gasteiger partial charge in [0.05, 0.1) is 0 Å². The Morgan fingerprint density at radius 3 is 2.56 bits per heavy atom. The minimum Gasteiger partial charge on any atom is -0.324 e. The van der Waals surface area contributed by atoms with Crippen LogP contribution in [-0.4, -0.2) is 23.5 Å². The largest absolute Gasteiger partial charge is 0.324 e. The van der Waals surface area contributed by atoms with Crippen molar-refractivity contribution in [3.8, 4) is 0 Å². The van der Waals surface area contributed by atoms with Crippen LogP contribution in [0.4, 0.5) is 0 Å². The first-order valence-electron chi connectivity index (χ1n) is 6.29. The van der Waals surface area contributed by atoms with Gasteiger partial charge >= 0.3 is 0 Å². The molecule has 0 radical (unpaired) electrons. The highest BCUT2D eigenvalue weighted by Crippen LogP contribution is 2.47. The van der Waals surface area contributed by atoms with Crippen LogP contribution in [0, 0.1) is 5.92 Å². The van der Waals surface area contributed by atoms with Gasteiger partial charge in [0.1, 0.15) is 0 Å².